The number of benzene rings is 6. The van der Waals surface area contributed by atoms with Crippen molar-refractivity contribution in [3.63, 3.8) is 0 Å². The van der Waals surface area contributed by atoms with Crippen molar-refractivity contribution in [2.24, 2.45) is 5.92 Å². The summed E-state index contributed by atoms with van der Waals surface area (Å²) in [5.41, 5.74) is 10.2. The summed E-state index contributed by atoms with van der Waals surface area (Å²) in [6.45, 7) is 2.24. The summed E-state index contributed by atoms with van der Waals surface area (Å²) in [4.78, 5) is 25.3. The van der Waals surface area contributed by atoms with Crippen LogP contribution in [0.1, 0.15) is 19.0 Å². The summed E-state index contributed by atoms with van der Waals surface area (Å²) in [5, 5.41) is 2.20. The molecule has 0 N–H and O–H groups in total. The maximum absolute atomic E-state index is 5.12. The summed E-state index contributed by atoms with van der Waals surface area (Å²) >= 11 is 0. The van der Waals surface area contributed by atoms with Crippen molar-refractivity contribution in [3.8, 4) is 67.9 Å². The molecule has 1 aliphatic rings. The average Bonchev–Trinajstić information content (AvgIpc) is 3.24. The average molecular weight is 682 g/mol. The van der Waals surface area contributed by atoms with Crippen LogP contribution in [-0.4, -0.2) is 24.9 Å². The molecule has 0 saturated carbocycles. The van der Waals surface area contributed by atoms with E-state index in [9.17, 15) is 0 Å². The van der Waals surface area contributed by atoms with E-state index >= 15 is 0 Å². The summed E-state index contributed by atoms with van der Waals surface area (Å²) < 4.78 is 0. The van der Waals surface area contributed by atoms with Crippen molar-refractivity contribution in [1.82, 2.24) is 24.9 Å². The molecule has 5 nitrogen and oxygen atoms in total. The van der Waals surface area contributed by atoms with E-state index in [0.29, 0.717) is 29.2 Å². The fraction of sp³-hybridized carbons (Fsp3) is 0.0625. The molecular weight excluding hydrogens is 647 g/mol. The fourth-order valence-electron chi connectivity index (χ4n) is 7.03. The minimum atomic E-state index is 0.464. The maximum Gasteiger partial charge on any atom is 0.164 e. The minimum absolute atomic E-state index is 0.464. The highest BCUT2D eigenvalue weighted by Crippen LogP contribution is 2.38. The zero-order valence-corrected chi connectivity index (χ0v) is 29.3. The Kier molecular flexibility index (Phi) is 8.50. The van der Waals surface area contributed by atoms with E-state index in [1.54, 1.807) is 0 Å². The Morgan fingerprint density at radius 2 is 0.943 bits per heavy atom. The SMILES string of the molecule is CC1C=CC=C(c2cc(-c3ccccc3)nc(-c3ccc(-c4cccc5cccc(-c6nc(-c7ccccc7)nc(-c7ccccc7)n6)c45)cc3)n2)C1. The normalized spacial score (nSPS) is 13.9. The lowest BCUT2D eigenvalue weighted by atomic mass is 9.93. The quantitative estimate of drug-likeness (QED) is 0.167. The van der Waals surface area contributed by atoms with Crippen molar-refractivity contribution < 1.29 is 0 Å². The number of hydrogen-bond acceptors (Lipinski definition) is 5. The largest absolute Gasteiger partial charge is 0.228 e. The van der Waals surface area contributed by atoms with Gasteiger partial charge in [0, 0.05) is 33.2 Å². The predicted molar refractivity (Wildman–Crippen MR) is 216 cm³/mol. The molecule has 2 aromatic heterocycles. The number of allylic oxidation sites excluding steroid dienone is 4. The van der Waals surface area contributed by atoms with Gasteiger partial charge in [-0.25, -0.2) is 24.9 Å². The molecule has 5 heteroatoms. The molecule has 0 saturated heterocycles. The van der Waals surface area contributed by atoms with E-state index in [0.717, 1.165) is 67.5 Å². The second kappa shape index (κ2) is 14.0. The summed E-state index contributed by atoms with van der Waals surface area (Å²) in [7, 11) is 0. The van der Waals surface area contributed by atoms with Crippen LogP contribution >= 0.6 is 0 Å². The van der Waals surface area contributed by atoms with Gasteiger partial charge in [-0.3, -0.25) is 0 Å². The van der Waals surface area contributed by atoms with Crippen LogP contribution in [0, 0.1) is 5.92 Å². The molecule has 252 valence electrons. The molecule has 0 fully saturated rings. The molecule has 0 amide bonds. The van der Waals surface area contributed by atoms with Gasteiger partial charge in [-0.05, 0) is 40.5 Å². The lowest BCUT2D eigenvalue weighted by Crippen LogP contribution is -2.02. The molecule has 0 spiro atoms. The third-order valence-corrected chi connectivity index (χ3v) is 9.70. The molecule has 1 aliphatic carbocycles. The second-order valence-corrected chi connectivity index (χ2v) is 13.4. The summed E-state index contributed by atoms with van der Waals surface area (Å²) in [6, 6.07) is 54.0. The predicted octanol–water partition coefficient (Wildman–Crippen LogP) is 11.8. The van der Waals surface area contributed by atoms with Gasteiger partial charge in [0.05, 0.1) is 11.4 Å². The van der Waals surface area contributed by atoms with Gasteiger partial charge in [0.15, 0.2) is 23.3 Å². The third kappa shape index (κ3) is 6.57. The first kappa shape index (κ1) is 32.1. The highest BCUT2D eigenvalue weighted by molar-refractivity contribution is 6.05. The van der Waals surface area contributed by atoms with Gasteiger partial charge >= 0.3 is 0 Å². The van der Waals surface area contributed by atoms with Gasteiger partial charge in [0.25, 0.3) is 0 Å². The highest BCUT2D eigenvalue weighted by Gasteiger charge is 2.18. The number of rotatable bonds is 7. The Hall–Kier alpha value is -6.85. The molecule has 6 aromatic carbocycles. The van der Waals surface area contributed by atoms with Crippen LogP contribution in [0.3, 0.4) is 0 Å². The van der Waals surface area contributed by atoms with Gasteiger partial charge in [-0.15, -0.1) is 0 Å². The molecule has 1 unspecified atom stereocenters. The van der Waals surface area contributed by atoms with Crippen LogP contribution in [0.15, 0.2) is 176 Å². The van der Waals surface area contributed by atoms with E-state index in [-0.39, 0.29) is 0 Å². The monoisotopic (exact) mass is 681 g/mol. The summed E-state index contributed by atoms with van der Waals surface area (Å²) in [6.07, 6.45) is 7.51. The van der Waals surface area contributed by atoms with Gasteiger partial charge in [-0.1, -0.05) is 177 Å². The Morgan fingerprint density at radius 1 is 0.434 bits per heavy atom. The van der Waals surface area contributed by atoms with Crippen LogP contribution in [-0.2, 0) is 0 Å². The first-order valence-electron chi connectivity index (χ1n) is 18.0. The lowest BCUT2D eigenvalue weighted by Gasteiger charge is -2.16. The van der Waals surface area contributed by atoms with Crippen LogP contribution in [0.4, 0.5) is 0 Å². The van der Waals surface area contributed by atoms with Crippen molar-refractivity contribution >= 4 is 16.3 Å². The lowest BCUT2D eigenvalue weighted by molar-refractivity contribution is 0.746. The van der Waals surface area contributed by atoms with Crippen LogP contribution in [0.5, 0.6) is 0 Å². The topological polar surface area (TPSA) is 64.5 Å². The van der Waals surface area contributed by atoms with Crippen LogP contribution in [0.25, 0.3) is 84.3 Å². The van der Waals surface area contributed by atoms with E-state index in [2.05, 4.69) is 116 Å². The van der Waals surface area contributed by atoms with Crippen molar-refractivity contribution in [3.05, 3.63) is 182 Å². The van der Waals surface area contributed by atoms with Gasteiger partial charge < -0.3 is 0 Å². The fourth-order valence-corrected chi connectivity index (χ4v) is 7.03. The Morgan fingerprint density at radius 3 is 1.57 bits per heavy atom. The Labute approximate surface area is 309 Å². The molecular formula is C48H35N5. The van der Waals surface area contributed by atoms with Gasteiger partial charge in [0.1, 0.15) is 0 Å². The smallest absolute Gasteiger partial charge is 0.164 e. The molecule has 0 radical (unpaired) electrons. The minimum Gasteiger partial charge on any atom is -0.228 e. The zero-order valence-electron chi connectivity index (χ0n) is 29.3. The van der Waals surface area contributed by atoms with Crippen molar-refractivity contribution in [2.45, 2.75) is 13.3 Å². The molecule has 9 rings (SSSR count). The Bertz CT molecular complexity index is 2570. The highest BCUT2D eigenvalue weighted by atomic mass is 15.0. The van der Waals surface area contributed by atoms with E-state index in [1.165, 1.54) is 5.57 Å². The first-order valence-corrected chi connectivity index (χ1v) is 18.0. The van der Waals surface area contributed by atoms with E-state index in [1.807, 2.05) is 66.7 Å². The number of fused-ring (bicyclic) bond motifs is 1. The van der Waals surface area contributed by atoms with Crippen molar-refractivity contribution in [1.29, 1.82) is 0 Å². The number of hydrogen-bond donors (Lipinski definition) is 0. The zero-order chi connectivity index (χ0) is 35.6. The molecule has 8 aromatic rings. The maximum atomic E-state index is 5.12. The van der Waals surface area contributed by atoms with Gasteiger partial charge in [0.2, 0.25) is 0 Å². The summed E-state index contributed by atoms with van der Waals surface area (Å²) in [5.74, 6) is 3.08. The number of aromatic nitrogens is 5. The molecule has 0 aliphatic heterocycles. The standard InChI is InChI=1S/C48H35N5/c1-32-14-11-23-39(30-32)43-31-42(34-15-5-2-6-16-34)49-45(50-43)38-28-26-33(27-29-38)40-24-12-21-35-22-13-25-41(44(35)40)48-52-46(36-17-7-3-8-18-36)51-47(53-48)37-19-9-4-10-20-37/h2-29,31-32H,30H2,1H3. The van der Waals surface area contributed by atoms with Crippen LogP contribution < -0.4 is 0 Å². The molecule has 1 atom stereocenters. The van der Waals surface area contributed by atoms with E-state index < -0.39 is 0 Å². The van der Waals surface area contributed by atoms with E-state index in [4.69, 9.17) is 24.9 Å². The van der Waals surface area contributed by atoms with Gasteiger partial charge in [-0.2, -0.15) is 0 Å². The molecule has 53 heavy (non-hydrogen) atoms. The second-order valence-electron chi connectivity index (χ2n) is 13.4. The molecule has 0 bridgehead atoms. The Balaban J connectivity index is 1.16. The van der Waals surface area contributed by atoms with Crippen LogP contribution in [0.2, 0.25) is 0 Å². The van der Waals surface area contributed by atoms with Crippen molar-refractivity contribution in [2.75, 3.05) is 0 Å². The first-order chi connectivity index (χ1) is 26.2. The molecule has 2 heterocycles. The number of nitrogens with zero attached hydrogens (tertiary/aromatic N) is 5. The third-order valence-electron chi connectivity index (χ3n) is 9.70.